The van der Waals surface area contributed by atoms with E-state index in [1.165, 1.54) is 16.2 Å². The van der Waals surface area contributed by atoms with Gasteiger partial charge < -0.3 is 20.1 Å². The van der Waals surface area contributed by atoms with Crippen LogP contribution in [-0.2, 0) is 20.8 Å². The lowest BCUT2D eigenvalue weighted by atomic mass is 9.99. The molecule has 2 N–H and O–H groups in total. The van der Waals surface area contributed by atoms with Gasteiger partial charge in [-0.25, -0.2) is 4.98 Å². The molecule has 2 amide bonds. The minimum absolute atomic E-state index is 0.0221. The van der Waals surface area contributed by atoms with E-state index in [0.717, 1.165) is 33.2 Å². The Kier molecular flexibility index (Phi) is 11.6. The van der Waals surface area contributed by atoms with Gasteiger partial charge in [0.1, 0.15) is 40.8 Å². The Morgan fingerprint density at radius 1 is 1.02 bits per heavy atom. The second-order valence-electron chi connectivity index (χ2n) is 13.3. The molecule has 1 fully saturated rings. The molecule has 5 heterocycles. The van der Waals surface area contributed by atoms with Crippen molar-refractivity contribution in [3.63, 3.8) is 0 Å². The standard InChI is InChI=1S/C38H38Cl2N8O5S2/c1-21-22(2)55-38-34(21)35(24-4-6-25(39)7-5-24)43-30(36-45-44-23(3)48(36)38)18-32(50)47-12-10-46(11-13-47)14-15-53-27-8-9-28(29(40)17-27)37-42-26(20-54-37)16-31(49)41-19-33(51)52/h4-9,17,20,30H,10-16,18-19H2,1-3H3,(H,41,49)(H,51,52)/t30-/m0/s1. The normalized spacial score (nSPS) is 15.5. The van der Waals surface area contributed by atoms with E-state index in [1.807, 2.05) is 48.2 Å². The van der Waals surface area contributed by atoms with Crippen molar-refractivity contribution < 1.29 is 24.2 Å². The van der Waals surface area contributed by atoms with E-state index >= 15 is 0 Å². The molecule has 0 spiro atoms. The summed E-state index contributed by atoms with van der Waals surface area (Å²) in [7, 11) is 0. The fourth-order valence-corrected chi connectivity index (χ4v) is 9.13. The summed E-state index contributed by atoms with van der Waals surface area (Å²) in [4.78, 5) is 51.6. The number of benzene rings is 2. The maximum absolute atomic E-state index is 13.9. The molecule has 7 rings (SSSR count). The van der Waals surface area contributed by atoms with Crippen LogP contribution in [0.2, 0.25) is 10.0 Å². The highest BCUT2D eigenvalue weighted by Gasteiger charge is 2.34. The van der Waals surface area contributed by atoms with Gasteiger partial charge in [0.25, 0.3) is 0 Å². The van der Waals surface area contributed by atoms with Gasteiger partial charge in [-0.1, -0.05) is 35.3 Å². The van der Waals surface area contributed by atoms with Crippen molar-refractivity contribution in [2.45, 2.75) is 39.7 Å². The SMILES string of the molecule is Cc1sc2c(c1C)C(c1ccc(Cl)cc1)=N[C@@H](CC(=O)N1CCN(CCOc3ccc(-c4nc(CC(=O)NCC(=O)O)cs4)c(Cl)c3)CC1)c1nnc(C)n1-2. The largest absolute Gasteiger partial charge is 0.492 e. The topological polar surface area (TPSA) is 155 Å². The average molecular weight is 822 g/mol. The Morgan fingerprint density at radius 2 is 1.78 bits per heavy atom. The Hall–Kier alpha value is -4.67. The van der Waals surface area contributed by atoms with Crippen molar-refractivity contribution in [3.8, 4) is 21.3 Å². The highest BCUT2D eigenvalue weighted by molar-refractivity contribution is 7.15. The van der Waals surface area contributed by atoms with Gasteiger partial charge in [0.15, 0.2) is 5.82 Å². The lowest BCUT2D eigenvalue weighted by Crippen LogP contribution is -2.49. The number of aryl methyl sites for hydroxylation is 2. The maximum atomic E-state index is 13.9. The zero-order valence-electron chi connectivity index (χ0n) is 30.3. The molecule has 2 aliphatic rings. The number of thiophene rings is 1. The summed E-state index contributed by atoms with van der Waals surface area (Å²) in [6.45, 7) is 9.44. The van der Waals surface area contributed by atoms with Crippen LogP contribution in [0.3, 0.4) is 0 Å². The van der Waals surface area contributed by atoms with Crippen molar-refractivity contribution in [2.75, 3.05) is 45.9 Å². The van der Waals surface area contributed by atoms with E-state index in [2.05, 4.69) is 43.8 Å². The Morgan fingerprint density at radius 3 is 2.51 bits per heavy atom. The van der Waals surface area contributed by atoms with Crippen LogP contribution in [-0.4, -0.2) is 104 Å². The Balaban J connectivity index is 0.943. The molecule has 13 nitrogen and oxygen atoms in total. The minimum atomic E-state index is -1.11. The minimum Gasteiger partial charge on any atom is -0.492 e. The van der Waals surface area contributed by atoms with Crippen LogP contribution in [0, 0.1) is 20.8 Å². The third kappa shape index (κ3) is 8.60. The molecule has 0 aliphatic carbocycles. The van der Waals surface area contributed by atoms with E-state index in [4.69, 9.17) is 38.0 Å². The number of aromatic nitrogens is 4. The number of nitrogens with one attached hydrogen (secondary N) is 1. The van der Waals surface area contributed by atoms with Gasteiger partial charge in [-0.3, -0.25) is 28.8 Å². The molecular formula is C38H38Cl2N8O5S2. The molecule has 17 heteroatoms. The highest BCUT2D eigenvalue weighted by Crippen LogP contribution is 2.40. The summed E-state index contributed by atoms with van der Waals surface area (Å²) < 4.78 is 8.10. The number of carbonyl (C=O) groups is 3. The number of rotatable bonds is 12. The molecule has 286 valence electrons. The summed E-state index contributed by atoms with van der Waals surface area (Å²) in [5.74, 6) is 0.538. The van der Waals surface area contributed by atoms with Crippen LogP contribution in [0.25, 0.3) is 15.6 Å². The van der Waals surface area contributed by atoms with Gasteiger partial charge >= 0.3 is 5.97 Å². The molecular weight excluding hydrogens is 784 g/mol. The van der Waals surface area contributed by atoms with E-state index < -0.39 is 24.5 Å². The van der Waals surface area contributed by atoms with Crippen LogP contribution in [0.15, 0.2) is 52.8 Å². The van der Waals surface area contributed by atoms with E-state index in [0.29, 0.717) is 77.2 Å². The molecule has 0 radical (unpaired) electrons. The highest BCUT2D eigenvalue weighted by atomic mass is 35.5. The van der Waals surface area contributed by atoms with E-state index in [-0.39, 0.29) is 18.7 Å². The lowest BCUT2D eigenvalue weighted by Gasteiger charge is -2.35. The number of aliphatic carboxylic acids is 1. The number of ether oxygens (including phenoxy) is 1. The molecule has 5 aromatic rings. The smallest absolute Gasteiger partial charge is 0.322 e. The van der Waals surface area contributed by atoms with Gasteiger partial charge in [0, 0.05) is 64.7 Å². The van der Waals surface area contributed by atoms with Gasteiger partial charge in [-0.05, 0) is 56.7 Å². The molecule has 0 bridgehead atoms. The summed E-state index contributed by atoms with van der Waals surface area (Å²) in [6, 6.07) is 12.6. The monoisotopic (exact) mass is 820 g/mol. The number of nitrogens with zero attached hydrogens (tertiary/aromatic N) is 7. The summed E-state index contributed by atoms with van der Waals surface area (Å²) in [5, 5.41) is 24.6. The predicted molar refractivity (Wildman–Crippen MR) is 213 cm³/mol. The quantitative estimate of drug-likeness (QED) is 0.156. The third-order valence-electron chi connectivity index (χ3n) is 9.63. The zero-order chi connectivity index (χ0) is 38.8. The maximum Gasteiger partial charge on any atom is 0.322 e. The Bertz CT molecular complexity index is 2280. The number of hydrogen-bond acceptors (Lipinski definition) is 11. The molecule has 55 heavy (non-hydrogen) atoms. The number of hydrogen-bond donors (Lipinski definition) is 2. The van der Waals surface area contributed by atoms with Crippen molar-refractivity contribution in [1.82, 2.24) is 34.9 Å². The van der Waals surface area contributed by atoms with Gasteiger partial charge in [0.05, 0.1) is 29.3 Å². The number of piperazine rings is 1. The fraction of sp³-hybridized carbons (Fsp3) is 0.342. The number of halogens is 2. The molecule has 0 unspecified atom stereocenters. The summed E-state index contributed by atoms with van der Waals surface area (Å²) in [5.41, 5.74) is 5.18. The number of thiazole rings is 1. The van der Waals surface area contributed by atoms with E-state index in [1.54, 1.807) is 22.8 Å². The van der Waals surface area contributed by atoms with Gasteiger partial charge in [-0.2, -0.15) is 0 Å². The molecule has 3 aromatic heterocycles. The van der Waals surface area contributed by atoms with Gasteiger partial charge in [-0.15, -0.1) is 32.9 Å². The van der Waals surface area contributed by atoms with Crippen molar-refractivity contribution >= 4 is 69.4 Å². The predicted octanol–water partition coefficient (Wildman–Crippen LogP) is 5.93. The first-order valence-corrected chi connectivity index (χ1v) is 20.1. The van der Waals surface area contributed by atoms with Crippen LogP contribution in [0.5, 0.6) is 5.75 Å². The first-order chi connectivity index (χ1) is 26.4. The van der Waals surface area contributed by atoms with Crippen LogP contribution in [0.4, 0.5) is 0 Å². The number of amides is 2. The first kappa shape index (κ1) is 38.6. The summed E-state index contributed by atoms with van der Waals surface area (Å²) >= 11 is 15.9. The second-order valence-corrected chi connectivity index (χ2v) is 16.2. The van der Waals surface area contributed by atoms with E-state index in [9.17, 15) is 14.4 Å². The second kappa shape index (κ2) is 16.6. The fourth-order valence-electron chi connectivity index (χ4n) is 6.61. The van der Waals surface area contributed by atoms with Crippen LogP contribution < -0.4 is 10.1 Å². The molecule has 1 atom stereocenters. The lowest BCUT2D eigenvalue weighted by molar-refractivity contribution is -0.137. The van der Waals surface area contributed by atoms with Crippen molar-refractivity contribution in [3.05, 3.63) is 96.8 Å². The van der Waals surface area contributed by atoms with Crippen LogP contribution in [0.1, 0.15) is 51.4 Å². The first-order valence-electron chi connectivity index (χ1n) is 17.7. The summed E-state index contributed by atoms with van der Waals surface area (Å²) in [6.07, 6.45) is 0.151. The number of carboxylic acid groups (broad SMARTS) is 1. The van der Waals surface area contributed by atoms with Crippen LogP contribution >= 0.6 is 45.9 Å². The molecule has 2 aliphatic heterocycles. The molecule has 0 saturated carbocycles. The zero-order valence-corrected chi connectivity index (χ0v) is 33.5. The van der Waals surface area contributed by atoms with Crippen molar-refractivity contribution in [1.29, 1.82) is 0 Å². The number of aliphatic imine (C=N–C) groups is 1. The van der Waals surface area contributed by atoms with Gasteiger partial charge in [0.2, 0.25) is 11.8 Å². The number of carboxylic acids is 1. The molecule has 1 saturated heterocycles. The third-order valence-corrected chi connectivity index (χ3v) is 12.3. The molecule has 2 aromatic carbocycles. The average Bonchev–Trinajstić information content (AvgIpc) is 3.84. The number of fused-ring (bicyclic) bond motifs is 3. The number of carbonyl (C=O) groups excluding carboxylic acids is 2. The Labute approximate surface area is 335 Å². The van der Waals surface area contributed by atoms with Crippen molar-refractivity contribution in [2.24, 2.45) is 4.99 Å².